The lowest BCUT2D eigenvalue weighted by Gasteiger charge is -2.11. The zero-order chi connectivity index (χ0) is 19.2. The maximum atomic E-state index is 12.7. The third kappa shape index (κ3) is 5.09. The summed E-state index contributed by atoms with van der Waals surface area (Å²) in [4.78, 5) is 25.2. The molecule has 2 N–H and O–H groups in total. The third-order valence-electron chi connectivity index (χ3n) is 3.66. The summed E-state index contributed by atoms with van der Waals surface area (Å²) in [7, 11) is 0. The van der Waals surface area contributed by atoms with Crippen LogP contribution < -0.4 is 10.6 Å². The van der Waals surface area contributed by atoms with Gasteiger partial charge in [0, 0.05) is 22.3 Å². The van der Waals surface area contributed by atoms with Gasteiger partial charge in [-0.2, -0.15) is 0 Å². The van der Waals surface area contributed by atoms with Crippen molar-refractivity contribution in [2.45, 2.75) is 6.92 Å². The van der Waals surface area contributed by atoms with Gasteiger partial charge in [-0.15, -0.1) is 0 Å². The molecule has 0 spiro atoms. The number of benzene rings is 2. The molecule has 1 aromatic heterocycles. The molecule has 0 aliphatic rings. The van der Waals surface area contributed by atoms with Crippen LogP contribution >= 0.6 is 11.6 Å². The molecule has 1 heterocycles. The van der Waals surface area contributed by atoms with Crippen LogP contribution in [0.4, 0.5) is 5.69 Å². The van der Waals surface area contributed by atoms with Gasteiger partial charge in [0.1, 0.15) is 17.2 Å². The van der Waals surface area contributed by atoms with E-state index in [0.29, 0.717) is 27.8 Å². The molecule has 6 heteroatoms. The molecule has 0 atom stereocenters. The number of rotatable bonds is 5. The van der Waals surface area contributed by atoms with Gasteiger partial charge in [-0.25, -0.2) is 0 Å². The van der Waals surface area contributed by atoms with E-state index >= 15 is 0 Å². The molecule has 0 aliphatic carbocycles. The quantitative estimate of drug-likeness (QED) is 0.633. The molecule has 0 unspecified atom stereocenters. The Labute approximate surface area is 161 Å². The van der Waals surface area contributed by atoms with E-state index in [1.807, 2.05) is 6.07 Å². The highest BCUT2D eigenvalue weighted by Gasteiger charge is 2.16. The van der Waals surface area contributed by atoms with Crippen LogP contribution in [0.1, 0.15) is 21.9 Å². The number of aryl methyl sites for hydroxylation is 1. The number of amides is 2. The van der Waals surface area contributed by atoms with Crippen molar-refractivity contribution in [3.8, 4) is 0 Å². The summed E-state index contributed by atoms with van der Waals surface area (Å²) in [6.07, 6.45) is 1.48. The zero-order valence-corrected chi connectivity index (χ0v) is 15.3. The maximum absolute atomic E-state index is 12.7. The summed E-state index contributed by atoms with van der Waals surface area (Å²) in [5.41, 5.74) is 1.01. The van der Waals surface area contributed by atoms with Gasteiger partial charge in [-0.05, 0) is 49.4 Å². The van der Waals surface area contributed by atoms with Crippen molar-refractivity contribution in [1.29, 1.82) is 0 Å². The van der Waals surface area contributed by atoms with Crippen molar-refractivity contribution in [2.75, 3.05) is 5.32 Å². The SMILES string of the molecule is Cc1ccc(C=C(NC(=O)c2cccc(Cl)c2)C(=O)Nc2ccccc2)o1. The molecule has 2 aromatic carbocycles. The van der Waals surface area contributed by atoms with E-state index in [1.165, 1.54) is 12.1 Å². The molecular formula is C21H17ClN2O3. The largest absolute Gasteiger partial charge is 0.462 e. The molecule has 2 amide bonds. The van der Waals surface area contributed by atoms with Crippen LogP contribution in [-0.2, 0) is 4.79 Å². The Morgan fingerprint density at radius 2 is 1.78 bits per heavy atom. The highest BCUT2D eigenvalue weighted by molar-refractivity contribution is 6.31. The lowest BCUT2D eigenvalue weighted by atomic mass is 10.2. The Morgan fingerprint density at radius 1 is 1.00 bits per heavy atom. The molecule has 0 saturated carbocycles. The minimum absolute atomic E-state index is 0.0539. The Bertz CT molecular complexity index is 993. The van der Waals surface area contributed by atoms with Crippen molar-refractivity contribution in [3.63, 3.8) is 0 Å². The minimum Gasteiger partial charge on any atom is -0.462 e. The lowest BCUT2D eigenvalue weighted by molar-refractivity contribution is -0.113. The van der Waals surface area contributed by atoms with Gasteiger partial charge >= 0.3 is 0 Å². The van der Waals surface area contributed by atoms with Crippen LogP contribution in [0.5, 0.6) is 0 Å². The highest BCUT2D eigenvalue weighted by Crippen LogP contribution is 2.14. The van der Waals surface area contributed by atoms with Crippen LogP contribution in [0, 0.1) is 6.92 Å². The molecule has 3 rings (SSSR count). The number of hydrogen-bond donors (Lipinski definition) is 2. The molecule has 27 heavy (non-hydrogen) atoms. The van der Waals surface area contributed by atoms with Gasteiger partial charge in [0.2, 0.25) is 0 Å². The van der Waals surface area contributed by atoms with Crippen molar-refractivity contribution < 1.29 is 14.0 Å². The van der Waals surface area contributed by atoms with Crippen molar-refractivity contribution >= 4 is 35.2 Å². The van der Waals surface area contributed by atoms with Crippen molar-refractivity contribution in [2.24, 2.45) is 0 Å². The summed E-state index contributed by atoms with van der Waals surface area (Å²) >= 11 is 5.94. The Balaban J connectivity index is 1.86. The summed E-state index contributed by atoms with van der Waals surface area (Å²) in [6.45, 7) is 1.80. The molecule has 0 saturated heterocycles. The first kappa shape index (κ1) is 18.5. The Morgan fingerprint density at radius 3 is 2.44 bits per heavy atom. The fraction of sp³-hybridized carbons (Fsp3) is 0.0476. The smallest absolute Gasteiger partial charge is 0.272 e. The second kappa shape index (κ2) is 8.38. The molecular weight excluding hydrogens is 364 g/mol. The number of anilines is 1. The van der Waals surface area contributed by atoms with E-state index in [0.717, 1.165) is 0 Å². The van der Waals surface area contributed by atoms with Crippen LogP contribution in [0.3, 0.4) is 0 Å². The number of carbonyl (C=O) groups excluding carboxylic acids is 2. The first-order valence-corrected chi connectivity index (χ1v) is 8.60. The average molecular weight is 381 g/mol. The first-order valence-electron chi connectivity index (χ1n) is 8.23. The topological polar surface area (TPSA) is 71.3 Å². The van der Waals surface area contributed by atoms with Crippen LogP contribution in [0.15, 0.2) is 76.8 Å². The fourth-order valence-corrected chi connectivity index (χ4v) is 2.57. The predicted octanol–water partition coefficient (Wildman–Crippen LogP) is 4.65. The van der Waals surface area contributed by atoms with Gasteiger partial charge in [0.15, 0.2) is 0 Å². The van der Waals surface area contributed by atoms with E-state index in [4.69, 9.17) is 16.0 Å². The van der Waals surface area contributed by atoms with Crippen LogP contribution in [-0.4, -0.2) is 11.8 Å². The van der Waals surface area contributed by atoms with Crippen LogP contribution in [0.25, 0.3) is 6.08 Å². The van der Waals surface area contributed by atoms with Crippen molar-refractivity contribution in [1.82, 2.24) is 5.32 Å². The van der Waals surface area contributed by atoms with E-state index in [1.54, 1.807) is 61.5 Å². The lowest BCUT2D eigenvalue weighted by Crippen LogP contribution is -2.30. The molecule has 0 fully saturated rings. The van der Waals surface area contributed by atoms with E-state index in [2.05, 4.69) is 10.6 Å². The summed E-state index contributed by atoms with van der Waals surface area (Å²) in [5.74, 6) is 0.239. The number of hydrogen-bond acceptors (Lipinski definition) is 3. The van der Waals surface area contributed by atoms with Gasteiger partial charge in [-0.3, -0.25) is 9.59 Å². The number of nitrogens with one attached hydrogen (secondary N) is 2. The molecule has 0 bridgehead atoms. The number of halogens is 1. The van der Waals surface area contributed by atoms with E-state index < -0.39 is 11.8 Å². The average Bonchev–Trinajstić information content (AvgIpc) is 3.06. The Hall–Kier alpha value is -3.31. The van der Waals surface area contributed by atoms with E-state index in [-0.39, 0.29) is 5.70 Å². The monoisotopic (exact) mass is 380 g/mol. The van der Waals surface area contributed by atoms with Gasteiger partial charge in [0.05, 0.1) is 0 Å². The van der Waals surface area contributed by atoms with E-state index in [9.17, 15) is 9.59 Å². The Kier molecular flexibility index (Phi) is 5.74. The number of para-hydroxylation sites is 1. The molecule has 3 aromatic rings. The van der Waals surface area contributed by atoms with Crippen LogP contribution in [0.2, 0.25) is 5.02 Å². The molecule has 0 aliphatic heterocycles. The molecule has 0 radical (unpaired) electrons. The maximum Gasteiger partial charge on any atom is 0.272 e. The number of furan rings is 1. The fourth-order valence-electron chi connectivity index (χ4n) is 2.38. The second-order valence-electron chi connectivity index (χ2n) is 5.79. The normalized spacial score (nSPS) is 11.1. The zero-order valence-electron chi connectivity index (χ0n) is 14.5. The standard InChI is InChI=1S/C21H17ClN2O3/c1-14-10-11-18(27-14)13-19(21(26)23-17-8-3-2-4-9-17)24-20(25)15-6-5-7-16(22)12-15/h2-13H,1H3,(H,23,26)(H,24,25). The summed E-state index contributed by atoms with van der Waals surface area (Å²) in [6, 6.07) is 18.9. The highest BCUT2D eigenvalue weighted by atomic mass is 35.5. The predicted molar refractivity (Wildman–Crippen MR) is 105 cm³/mol. The van der Waals surface area contributed by atoms with Gasteiger partial charge in [0.25, 0.3) is 11.8 Å². The van der Waals surface area contributed by atoms with Crippen molar-refractivity contribution in [3.05, 3.63) is 94.5 Å². The molecule has 5 nitrogen and oxygen atoms in total. The van der Waals surface area contributed by atoms with Gasteiger partial charge in [-0.1, -0.05) is 35.9 Å². The second-order valence-corrected chi connectivity index (χ2v) is 6.23. The summed E-state index contributed by atoms with van der Waals surface area (Å²) in [5, 5.41) is 5.81. The van der Waals surface area contributed by atoms with Gasteiger partial charge < -0.3 is 15.1 Å². The first-order chi connectivity index (χ1) is 13.0. The number of carbonyl (C=O) groups is 2. The summed E-state index contributed by atoms with van der Waals surface area (Å²) < 4.78 is 5.49. The molecule has 136 valence electrons. The third-order valence-corrected chi connectivity index (χ3v) is 3.89. The minimum atomic E-state index is -0.467.